The summed E-state index contributed by atoms with van der Waals surface area (Å²) >= 11 is 0. The number of benzene rings is 1. The van der Waals surface area contributed by atoms with Gasteiger partial charge in [0.1, 0.15) is 17.0 Å². The van der Waals surface area contributed by atoms with E-state index in [1.54, 1.807) is 12.1 Å². The molecule has 6 heteroatoms. The molecule has 0 saturated heterocycles. The zero-order chi connectivity index (χ0) is 16.8. The van der Waals surface area contributed by atoms with Gasteiger partial charge in [0.15, 0.2) is 0 Å². The maximum Gasteiger partial charge on any atom is 0.341 e. The number of fused-ring (bicyclic) bond motifs is 1. The van der Waals surface area contributed by atoms with Gasteiger partial charge in [-0.3, -0.25) is 4.79 Å². The predicted octanol–water partition coefficient (Wildman–Crippen LogP) is 3.14. The van der Waals surface area contributed by atoms with Crippen LogP contribution in [0.15, 0.2) is 16.9 Å². The van der Waals surface area contributed by atoms with Gasteiger partial charge in [0.05, 0.1) is 17.6 Å². The lowest BCUT2D eigenvalue weighted by atomic mass is 10.1. The van der Waals surface area contributed by atoms with Gasteiger partial charge < -0.3 is 14.8 Å². The van der Waals surface area contributed by atoms with E-state index in [1.807, 2.05) is 13.8 Å². The van der Waals surface area contributed by atoms with Crippen LogP contribution in [0.3, 0.4) is 0 Å². The third-order valence-electron chi connectivity index (χ3n) is 3.64. The first-order chi connectivity index (χ1) is 11.1. The van der Waals surface area contributed by atoms with Gasteiger partial charge in [-0.1, -0.05) is 26.7 Å². The van der Waals surface area contributed by atoms with E-state index < -0.39 is 5.97 Å². The molecular weight excluding hydrogens is 296 g/mol. The molecule has 124 valence electrons. The average Bonchev–Trinajstić information content (AvgIpc) is 2.52. The van der Waals surface area contributed by atoms with E-state index in [1.165, 1.54) is 0 Å². The first-order valence-corrected chi connectivity index (χ1v) is 8.00. The lowest BCUT2D eigenvalue weighted by molar-refractivity contribution is 0.0694. The highest BCUT2D eigenvalue weighted by atomic mass is 16.5. The topological polar surface area (TPSA) is 92.3 Å². The molecule has 1 heterocycles. The van der Waals surface area contributed by atoms with Crippen molar-refractivity contribution >= 4 is 17.0 Å². The summed E-state index contributed by atoms with van der Waals surface area (Å²) in [4.78, 5) is 30.7. The molecule has 0 aliphatic carbocycles. The van der Waals surface area contributed by atoms with Crippen LogP contribution < -0.4 is 10.3 Å². The Balaban J connectivity index is 2.50. The number of carboxylic acids is 1. The second kappa shape index (κ2) is 7.76. The van der Waals surface area contributed by atoms with E-state index in [2.05, 4.69) is 9.97 Å². The third kappa shape index (κ3) is 3.88. The summed E-state index contributed by atoms with van der Waals surface area (Å²) in [7, 11) is 0. The molecule has 23 heavy (non-hydrogen) atoms. The molecule has 0 saturated carbocycles. The van der Waals surface area contributed by atoms with Crippen molar-refractivity contribution in [2.45, 2.75) is 46.0 Å². The Hall–Kier alpha value is -2.37. The van der Waals surface area contributed by atoms with Crippen LogP contribution in [-0.4, -0.2) is 27.7 Å². The van der Waals surface area contributed by atoms with Crippen LogP contribution in [-0.2, 0) is 6.42 Å². The summed E-state index contributed by atoms with van der Waals surface area (Å²) in [5.74, 6) is -0.877. The molecular formula is C17H22N2O4. The molecule has 0 unspecified atom stereocenters. The van der Waals surface area contributed by atoms with E-state index in [4.69, 9.17) is 4.74 Å². The molecule has 2 aromatic rings. The van der Waals surface area contributed by atoms with Gasteiger partial charge in [0.2, 0.25) is 0 Å². The van der Waals surface area contributed by atoms with Crippen LogP contribution in [0, 0.1) is 0 Å². The number of rotatable bonds is 8. The van der Waals surface area contributed by atoms with Crippen molar-refractivity contribution in [3.8, 4) is 5.75 Å². The Labute approximate surface area is 134 Å². The molecule has 0 aliphatic rings. The molecule has 2 rings (SSSR count). The van der Waals surface area contributed by atoms with Gasteiger partial charge >= 0.3 is 5.97 Å². The summed E-state index contributed by atoms with van der Waals surface area (Å²) in [6.07, 6.45) is 4.20. The standard InChI is InChI=1S/C17H22N2O4/c1-3-5-7-12-16(20)19-15-11(18-12)8-9-13(14(15)17(21)22)23-10-6-4-2/h8-9H,3-7,10H2,1-2H3,(H,19,20)(H,21,22). The maximum atomic E-state index is 12.1. The number of hydrogen-bond donors (Lipinski definition) is 2. The molecule has 0 atom stereocenters. The fourth-order valence-corrected chi connectivity index (χ4v) is 2.35. The summed E-state index contributed by atoms with van der Waals surface area (Å²) < 4.78 is 5.55. The van der Waals surface area contributed by atoms with Crippen molar-refractivity contribution < 1.29 is 14.6 Å². The van der Waals surface area contributed by atoms with Gasteiger partial charge in [-0.25, -0.2) is 9.78 Å². The van der Waals surface area contributed by atoms with Crippen molar-refractivity contribution in [3.63, 3.8) is 0 Å². The Bertz CT molecular complexity index is 752. The smallest absolute Gasteiger partial charge is 0.341 e. The highest BCUT2D eigenvalue weighted by Gasteiger charge is 2.18. The fraction of sp³-hybridized carbons (Fsp3) is 0.471. The Morgan fingerprint density at radius 3 is 2.65 bits per heavy atom. The van der Waals surface area contributed by atoms with E-state index in [0.717, 1.165) is 25.7 Å². The van der Waals surface area contributed by atoms with Crippen molar-refractivity contribution in [1.29, 1.82) is 0 Å². The van der Waals surface area contributed by atoms with Crippen LogP contribution in [0.25, 0.3) is 11.0 Å². The number of H-pyrrole nitrogens is 1. The minimum atomic E-state index is -1.14. The highest BCUT2D eigenvalue weighted by molar-refractivity contribution is 6.03. The largest absolute Gasteiger partial charge is 0.493 e. The number of aryl methyl sites for hydroxylation is 1. The number of unbranched alkanes of at least 4 members (excludes halogenated alkanes) is 2. The SMILES string of the molecule is CCCCOc1ccc2nc(CCCC)c(=O)[nH]c2c1C(=O)O. The molecule has 0 bridgehead atoms. The molecule has 6 nitrogen and oxygen atoms in total. The summed E-state index contributed by atoms with van der Waals surface area (Å²) in [5.41, 5.74) is 0.757. The lowest BCUT2D eigenvalue weighted by Gasteiger charge is -2.11. The molecule has 2 N–H and O–H groups in total. The van der Waals surface area contributed by atoms with Gasteiger partial charge in [0.25, 0.3) is 5.56 Å². The minimum absolute atomic E-state index is 0.0368. The van der Waals surface area contributed by atoms with Gasteiger partial charge in [0, 0.05) is 0 Å². The maximum absolute atomic E-state index is 12.1. The number of carbonyl (C=O) groups is 1. The molecule has 0 aliphatic heterocycles. The number of aromatic nitrogens is 2. The fourth-order valence-electron chi connectivity index (χ4n) is 2.35. The number of nitrogens with one attached hydrogen (secondary N) is 1. The van der Waals surface area contributed by atoms with E-state index in [-0.39, 0.29) is 22.4 Å². The first-order valence-electron chi connectivity index (χ1n) is 8.00. The van der Waals surface area contributed by atoms with Gasteiger partial charge in [-0.2, -0.15) is 0 Å². The zero-order valence-electron chi connectivity index (χ0n) is 13.5. The molecule has 0 amide bonds. The van der Waals surface area contributed by atoms with Crippen LogP contribution in [0.2, 0.25) is 0 Å². The molecule has 0 spiro atoms. The monoisotopic (exact) mass is 318 g/mol. The zero-order valence-corrected chi connectivity index (χ0v) is 13.5. The molecule has 0 radical (unpaired) electrons. The lowest BCUT2D eigenvalue weighted by Crippen LogP contribution is -2.17. The summed E-state index contributed by atoms with van der Waals surface area (Å²) in [6, 6.07) is 3.30. The number of nitrogens with zero attached hydrogens (tertiary/aromatic N) is 1. The minimum Gasteiger partial charge on any atom is -0.493 e. The van der Waals surface area contributed by atoms with Crippen molar-refractivity contribution in [1.82, 2.24) is 9.97 Å². The van der Waals surface area contributed by atoms with Gasteiger partial charge in [-0.15, -0.1) is 0 Å². The normalized spacial score (nSPS) is 10.9. The van der Waals surface area contributed by atoms with E-state index in [9.17, 15) is 14.7 Å². The van der Waals surface area contributed by atoms with Crippen LogP contribution in [0.5, 0.6) is 5.75 Å². The summed E-state index contributed by atoms with van der Waals surface area (Å²) in [5, 5.41) is 9.49. The quantitative estimate of drug-likeness (QED) is 0.729. The Morgan fingerprint density at radius 1 is 1.26 bits per heavy atom. The van der Waals surface area contributed by atoms with Crippen molar-refractivity contribution in [3.05, 3.63) is 33.7 Å². The number of aromatic carboxylic acids is 1. The second-order valence-electron chi connectivity index (χ2n) is 5.46. The first kappa shape index (κ1) is 17.0. The van der Waals surface area contributed by atoms with Crippen molar-refractivity contribution in [2.75, 3.05) is 6.61 Å². The average molecular weight is 318 g/mol. The Morgan fingerprint density at radius 2 is 2.00 bits per heavy atom. The van der Waals surface area contributed by atoms with Crippen LogP contribution in [0.4, 0.5) is 0 Å². The number of carboxylic acid groups (broad SMARTS) is 1. The van der Waals surface area contributed by atoms with Crippen LogP contribution >= 0.6 is 0 Å². The highest BCUT2D eigenvalue weighted by Crippen LogP contribution is 2.25. The van der Waals surface area contributed by atoms with E-state index in [0.29, 0.717) is 24.2 Å². The number of hydrogen-bond acceptors (Lipinski definition) is 4. The van der Waals surface area contributed by atoms with E-state index >= 15 is 0 Å². The Kier molecular flexibility index (Phi) is 5.73. The van der Waals surface area contributed by atoms with Gasteiger partial charge in [-0.05, 0) is 31.4 Å². The number of aromatic amines is 1. The molecule has 1 aromatic heterocycles. The third-order valence-corrected chi connectivity index (χ3v) is 3.64. The predicted molar refractivity (Wildman–Crippen MR) is 88.3 cm³/mol. The number of ether oxygens (including phenoxy) is 1. The molecule has 1 aromatic carbocycles. The summed E-state index contributed by atoms with van der Waals surface area (Å²) in [6.45, 7) is 4.51. The second-order valence-corrected chi connectivity index (χ2v) is 5.46. The van der Waals surface area contributed by atoms with Crippen LogP contribution in [0.1, 0.15) is 55.6 Å². The van der Waals surface area contributed by atoms with Crippen molar-refractivity contribution in [2.24, 2.45) is 0 Å². The molecule has 0 fully saturated rings.